The maximum Gasteiger partial charge on any atom is 0.319 e. The summed E-state index contributed by atoms with van der Waals surface area (Å²) in [5.41, 5.74) is 1.57. The molecule has 0 bridgehead atoms. The van der Waals surface area contributed by atoms with E-state index in [4.69, 9.17) is 4.74 Å². The first-order valence-electron chi connectivity index (χ1n) is 9.38. The number of rotatable bonds is 8. The fourth-order valence-corrected chi connectivity index (χ4v) is 2.63. The summed E-state index contributed by atoms with van der Waals surface area (Å²) in [5, 5.41) is 8.23. The number of anilines is 1. The number of amides is 3. The van der Waals surface area contributed by atoms with Crippen molar-refractivity contribution in [2.45, 2.75) is 13.0 Å². The Morgan fingerprint density at radius 3 is 2.17 bits per heavy atom. The van der Waals surface area contributed by atoms with Crippen LogP contribution in [-0.2, 0) is 11.3 Å². The second kappa shape index (κ2) is 10.5. The van der Waals surface area contributed by atoms with E-state index < -0.39 is 0 Å². The minimum Gasteiger partial charge on any atom is -0.457 e. The van der Waals surface area contributed by atoms with E-state index in [-0.39, 0.29) is 24.9 Å². The smallest absolute Gasteiger partial charge is 0.319 e. The highest BCUT2D eigenvalue weighted by Gasteiger charge is 2.08. The number of benzene rings is 3. The van der Waals surface area contributed by atoms with Crippen LogP contribution in [0.2, 0.25) is 0 Å². The number of hydrogen-bond donors (Lipinski definition) is 3. The Bertz CT molecular complexity index is 930. The zero-order valence-corrected chi connectivity index (χ0v) is 15.9. The molecular formula is C23H23N3O3. The van der Waals surface area contributed by atoms with Crippen molar-refractivity contribution < 1.29 is 14.3 Å². The molecule has 0 unspecified atom stereocenters. The Morgan fingerprint density at radius 1 is 0.759 bits per heavy atom. The van der Waals surface area contributed by atoms with E-state index in [1.165, 1.54) is 0 Å². The Kier molecular flexibility index (Phi) is 7.23. The van der Waals surface area contributed by atoms with Gasteiger partial charge in [0.05, 0.1) is 0 Å². The maximum absolute atomic E-state index is 12.1. The molecule has 3 amide bonds. The molecule has 0 saturated carbocycles. The van der Waals surface area contributed by atoms with Crippen LogP contribution in [0.5, 0.6) is 11.5 Å². The van der Waals surface area contributed by atoms with Gasteiger partial charge in [0.2, 0.25) is 5.91 Å². The Hall–Kier alpha value is -3.80. The molecule has 0 aliphatic rings. The summed E-state index contributed by atoms with van der Waals surface area (Å²) in [6.07, 6.45) is 0.184. The molecule has 3 N–H and O–H groups in total. The van der Waals surface area contributed by atoms with Crippen LogP contribution in [0.15, 0.2) is 84.9 Å². The zero-order valence-electron chi connectivity index (χ0n) is 15.9. The van der Waals surface area contributed by atoms with Crippen molar-refractivity contribution in [1.82, 2.24) is 10.6 Å². The van der Waals surface area contributed by atoms with Crippen LogP contribution in [0.1, 0.15) is 12.0 Å². The van der Waals surface area contributed by atoms with Crippen LogP contribution in [0.4, 0.5) is 10.5 Å². The van der Waals surface area contributed by atoms with E-state index >= 15 is 0 Å². The molecule has 3 aromatic carbocycles. The lowest BCUT2D eigenvalue weighted by molar-refractivity contribution is -0.121. The van der Waals surface area contributed by atoms with Gasteiger partial charge in [-0.25, -0.2) is 4.79 Å². The van der Waals surface area contributed by atoms with E-state index in [1.54, 1.807) is 12.1 Å². The normalized spacial score (nSPS) is 10.1. The number of ether oxygens (including phenoxy) is 1. The molecule has 0 aliphatic heterocycles. The van der Waals surface area contributed by atoms with Crippen LogP contribution in [-0.4, -0.2) is 18.5 Å². The molecule has 0 saturated heterocycles. The first-order valence-corrected chi connectivity index (χ1v) is 9.38. The number of nitrogens with one attached hydrogen (secondary N) is 3. The van der Waals surface area contributed by atoms with E-state index in [2.05, 4.69) is 16.0 Å². The van der Waals surface area contributed by atoms with Crippen LogP contribution in [0.3, 0.4) is 0 Å². The monoisotopic (exact) mass is 389 g/mol. The van der Waals surface area contributed by atoms with Gasteiger partial charge in [0.25, 0.3) is 0 Å². The number of hydrogen-bond acceptors (Lipinski definition) is 3. The second-order valence-corrected chi connectivity index (χ2v) is 6.30. The largest absolute Gasteiger partial charge is 0.457 e. The van der Waals surface area contributed by atoms with Gasteiger partial charge in [-0.05, 0) is 30.3 Å². The third-order valence-electron chi connectivity index (χ3n) is 4.09. The molecule has 0 aromatic heterocycles. The van der Waals surface area contributed by atoms with E-state index in [0.29, 0.717) is 18.0 Å². The Balaban J connectivity index is 1.42. The average Bonchev–Trinajstić information content (AvgIpc) is 2.74. The van der Waals surface area contributed by atoms with E-state index in [0.717, 1.165) is 11.3 Å². The van der Waals surface area contributed by atoms with Crippen molar-refractivity contribution in [3.8, 4) is 11.5 Å². The molecular weight excluding hydrogens is 366 g/mol. The van der Waals surface area contributed by atoms with Gasteiger partial charge in [-0.3, -0.25) is 4.79 Å². The maximum atomic E-state index is 12.1. The molecule has 3 rings (SSSR count). The summed E-state index contributed by atoms with van der Waals surface area (Å²) in [7, 11) is 0. The molecule has 0 spiro atoms. The predicted molar refractivity (Wildman–Crippen MR) is 113 cm³/mol. The Morgan fingerprint density at radius 2 is 1.41 bits per heavy atom. The summed E-state index contributed by atoms with van der Waals surface area (Å²) in [6, 6.07) is 25.8. The lowest BCUT2D eigenvalue weighted by atomic mass is 10.2. The third kappa shape index (κ3) is 6.70. The highest BCUT2D eigenvalue weighted by atomic mass is 16.5. The van der Waals surface area contributed by atoms with Crippen LogP contribution >= 0.6 is 0 Å². The fourth-order valence-electron chi connectivity index (χ4n) is 2.63. The zero-order chi connectivity index (χ0) is 20.3. The van der Waals surface area contributed by atoms with Gasteiger partial charge in [-0.1, -0.05) is 54.6 Å². The molecule has 0 fully saturated rings. The summed E-state index contributed by atoms with van der Waals surface area (Å²) in [4.78, 5) is 23.9. The molecule has 6 heteroatoms. The van der Waals surface area contributed by atoms with Crippen molar-refractivity contribution >= 4 is 17.6 Å². The van der Waals surface area contributed by atoms with Gasteiger partial charge in [-0.2, -0.15) is 0 Å². The quantitative estimate of drug-likeness (QED) is 0.537. The summed E-state index contributed by atoms with van der Waals surface area (Å²) < 4.78 is 5.89. The first kappa shape index (κ1) is 19.9. The van der Waals surface area contributed by atoms with Gasteiger partial charge in [0, 0.05) is 30.8 Å². The fraction of sp³-hybridized carbons (Fsp3) is 0.130. The average molecular weight is 389 g/mol. The third-order valence-corrected chi connectivity index (χ3v) is 4.09. The lowest BCUT2D eigenvalue weighted by Crippen LogP contribution is -2.33. The molecule has 0 heterocycles. The first-order chi connectivity index (χ1) is 14.2. The van der Waals surface area contributed by atoms with Crippen LogP contribution < -0.4 is 20.7 Å². The van der Waals surface area contributed by atoms with E-state index in [1.807, 2.05) is 72.8 Å². The van der Waals surface area contributed by atoms with Gasteiger partial charge in [0.15, 0.2) is 0 Å². The predicted octanol–water partition coefficient (Wildman–Crippen LogP) is 4.31. The van der Waals surface area contributed by atoms with Crippen molar-refractivity contribution in [2.75, 3.05) is 11.9 Å². The summed E-state index contributed by atoms with van der Waals surface area (Å²) in [6.45, 7) is 0.588. The molecule has 6 nitrogen and oxygen atoms in total. The number of para-hydroxylation sites is 3. The molecule has 148 valence electrons. The van der Waals surface area contributed by atoms with Crippen molar-refractivity contribution in [1.29, 1.82) is 0 Å². The number of carbonyl (C=O) groups is 2. The van der Waals surface area contributed by atoms with Crippen molar-refractivity contribution in [3.05, 3.63) is 90.5 Å². The topological polar surface area (TPSA) is 79.5 Å². The molecule has 0 aliphatic carbocycles. The van der Waals surface area contributed by atoms with E-state index in [9.17, 15) is 9.59 Å². The van der Waals surface area contributed by atoms with Crippen molar-refractivity contribution in [2.24, 2.45) is 0 Å². The van der Waals surface area contributed by atoms with Gasteiger partial charge in [-0.15, -0.1) is 0 Å². The SMILES string of the molecule is O=C(CCNC(=O)Nc1ccccc1)NCc1ccccc1Oc1ccccc1. The molecule has 3 aromatic rings. The van der Waals surface area contributed by atoms with Crippen molar-refractivity contribution in [3.63, 3.8) is 0 Å². The van der Waals surface area contributed by atoms with Gasteiger partial charge < -0.3 is 20.7 Å². The van der Waals surface area contributed by atoms with Gasteiger partial charge >= 0.3 is 6.03 Å². The number of urea groups is 1. The standard InChI is InChI=1S/C23H23N3O3/c27-22(15-16-24-23(28)26-19-10-3-1-4-11-19)25-17-18-9-7-8-14-21(18)29-20-12-5-2-6-13-20/h1-14H,15-17H2,(H,25,27)(H2,24,26,28). The van der Waals surface area contributed by atoms with Crippen LogP contribution in [0.25, 0.3) is 0 Å². The Labute approximate surface area is 169 Å². The molecule has 29 heavy (non-hydrogen) atoms. The highest BCUT2D eigenvalue weighted by molar-refractivity contribution is 5.89. The summed E-state index contributed by atoms with van der Waals surface area (Å²) in [5.74, 6) is 1.28. The van der Waals surface area contributed by atoms with Gasteiger partial charge in [0.1, 0.15) is 11.5 Å². The summed E-state index contributed by atoms with van der Waals surface area (Å²) >= 11 is 0. The molecule has 0 atom stereocenters. The highest BCUT2D eigenvalue weighted by Crippen LogP contribution is 2.24. The second-order valence-electron chi connectivity index (χ2n) is 6.30. The minimum absolute atomic E-state index is 0.153. The number of carbonyl (C=O) groups excluding carboxylic acids is 2. The molecule has 0 radical (unpaired) electrons. The lowest BCUT2D eigenvalue weighted by Gasteiger charge is -2.12. The minimum atomic E-state index is -0.342. The van der Waals surface area contributed by atoms with Crippen LogP contribution in [0, 0.1) is 0 Å².